The molecule has 0 saturated heterocycles. The van der Waals surface area contributed by atoms with Crippen LogP contribution in [0.3, 0.4) is 0 Å². The third kappa shape index (κ3) is 5.04. The monoisotopic (exact) mass is 363 g/mol. The summed E-state index contributed by atoms with van der Waals surface area (Å²) in [7, 11) is -3.97. The molecule has 0 radical (unpaired) electrons. The SMILES string of the molecule is CCOc1ccc(S(=O)(=O)N[C@@H](Cc2ccccc2)C(=O)O)cc1C. The summed E-state index contributed by atoms with van der Waals surface area (Å²) in [4.78, 5) is 11.5. The Hall–Kier alpha value is -2.38. The summed E-state index contributed by atoms with van der Waals surface area (Å²) in [5, 5.41) is 9.37. The first-order valence-corrected chi connectivity index (χ1v) is 9.34. The van der Waals surface area contributed by atoms with Gasteiger partial charge in [0, 0.05) is 0 Å². The van der Waals surface area contributed by atoms with E-state index in [9.17, 15) is 18.3 Å². The second kappa shape index (κ2) is 8.13. The second-order valence-electron chi connectivity index (χ2n) is 5.56. The Balaban J connectivity index is 2.22. The van der Waals surface area contributed by atoms with Gasteiger partial charge in [0.25, 0.3) is 0 Å². The molecule has 0 aliphatic carbocycles. The summed E-state index contributed by atoms with van der Waals surface area (Å²) in [6.07, 6.45) is 0.0609. The molecule has 2 N–H and O–H groups in total. The minimum atomic E-state index is -3.97. The summed E-state index contributed by atoms with van der Waals surface area (Å²) in [5.74, 6) is -0.629. The molecule has 2 aromatic carbocycles. The van der Waals surface area contributed by atoms with E-state index in [1.54, 1.807) is 37.3 Å². The minimum absolute atomic E-state index is 0.00719. The molecule has 6 nitrogen and oxygen atoms in total. The molecular formula is C18H21NO5S. The smallest absolute Gasteiger partial charge is 0.322 e. The van der Waals surface area contributed by atoms with E-state index < -0.39 is 22.0 Å². The quantitative estimate of drug-likeness (QED) is 0.751. The van der Waals surface area contributed by atoms with Crippen molar-refractivity contribution in [1.29, 1.82) is 0 Å². The molecule has 0 fully saturated rings. The van der Waals surface area contributed by atoms with Crippen molar-refractivity contribution in [3.63, 3.8) is 0 Å². The van der Waals surface area contributed by atoms with Crippen LogP contribution in [0.5, 0.6) is 5.75 Å². The van der Waals surface area contributed by atoms with Crippen LogP contribution >= 0.6 is 0 Å². The molecule has 0 unspecified atom stereocenters. The summed E-state index contributed by atoms with van der Waals surface area (Å²) >= 11 is 0. The van der Waals surface area contributed by atoms with E-state index in [2.05, 4.69) is 4.72 Å². The van der Waals surface area contributed by atoms with Crippen LogP contribution in [0, 0.1) is 6.92 Å². The van der Waals surface area contributed by atoms with E-state index in [0.29, 0.717) is 17.9 Å². The number of nitrogens with one attached hydrogen (secondary N) is 1. The van der Waals surface area contributed by atoms with Crippen molar-refractivity contribution in [3.05, 3.63) is 59.7 Å². The predicted molar refractivity (Wildman–Crippen MR) is 94.2 cm³/mol. The van der Waals surface area contributed by atoms with Crippen LogP contribution < -0.4 is 9.46 Å². The molecule has 0 spiro atoms. The standard InChI is InChI=1S/C18H21NO5S/c1-3-24-17-10-9-15(11-13(17)2)25(22,23)19-16(18(20)21)12-14-7-5-4-6-8-14/h4-11,16,19H,3,12H2,1-2H3,(H,20,21)/t16-/m0/s1. The summed E-state index contributed by atoms with van der Waals surface area (Å²) in [6, 6.07) is 12.1. The molecule has 0 bridgehead atoms. The Morgan fingerprint density at radius 3 is 2.44 bits per heavy atom. The number of carbonyl (C=O) groups is 1. The molecule has 0 aliphatic rings. The van der Waals surface area contributed by atoms with Gasteiger partial charge in [0.05, 0.1) is 11.5 Å². The average Bonchev–Trinajstić information content (AvgIpc) is 2.57. The normalized spacial score (nSPS) is 12.6. The Morgan fingerprint density at radius 1 is 1.20 bits per heavy atom. The zero-order chi connectivity index (χ0) is 18.4. The zero-order valence-corrected chi connectivity index (χ0v) is 14.9. The second-order valence-corrected chi connectivity index (χ2v) is 7.28. The fraction of sp³-hybridized carbons (Fsp3) is 0.278. The van der Waals surface area contributed by atoms with Crippen LogP contribution in [0.1, 0.15) is 18.1 Å². The maximum atomic E-state index is 12.5. The molecule has 7 heteroatoms. The molecule has 2 aromatic rings. The highest BCUT2D eigenvalue weighted by Gasteiger charge is 2.26. The van der Waals surface area contributed by atoms with E-state index in [-0.39, 0.29) is 11.3 Å². The van der Waals surface area contributed by atoms with Crippen molar-refractivity contribution >= 4 is 16.0 Å². The number of sulfonamides is 1. The molecule has 0 aliphatic heterocycles. The van der Waals surface area contributed by atoms with Crippen molar-refractivity contribution < 1.29 is 23.1 Å². The summed E-state index contributed by atoms with van der Waals surface area (Å²) < 4.78 is 32.7. The van der Waals surface area contributed by atoms with Crippen molar-refractivity contribution in [3.8, 4) is 5.75 Å². The maximum absolute atomic E-state index is 12.5. The third-order valence-corrected chi connectivity index (χ3v) is 5.10. The first-order valence-electron chi connectivity index (χ1n) is 7.86. The minimum Gasteiger partial charge on any atom is -0.494 e. The number of rotatable bonds is 8. The van der Waals surface area contributed by atoms with Gasteiger partial charge in [-0.15, -0.1) is 0 Å². The molecular weight excluding hydrogens is 342 g/mol. The lowest BCUT2D eigenvalue weighted by Crippen LogP contribution is -2.42. The third-order valence-electron chi connectivity index (χ3n) is 3.63. The topological polar surface area (TPSA) is 92.7 Å². The van der Waals surface area contributed by atoms with E-state index in [1.807, 2.05) is 13.0 Å². The molecule has 2 rings (SSSR count). The maximum Gasteiger partial charge on any atom is 0.322 e. The lowest BCUT2D eigenvalue weighted by atomic mass is 10.1. The number of aryl methyl sites for hydroxylation is 1. The van der Waals surface area contributed by atoms with Crippen molar-refractivity contribution in [2.75, 3.05) is 6.61 Å². The van der Waals surface area contributed by atoms with Gasteiger partial charge in [0.2, 0.25) is 10.0 Å². The predicted octanol–water partition coefficient (Wildman–Crippen LogP) is 2.37. The molecule has 0 aromatic heterocycles. The zero-order valence-electron chi connectivity index (χ0n) is 14.1. The lowest BCUT2D eigenvalue weighted by Gasteiger charge is -2.16. The van der Waals surface area contributed by atoms with E-state index in [0.717, 1.165) is 5.56 Å². The van der Waals surface area contributed by atoms with E-state index >= 15 is 0 Å². The van der Waals surface area contributed by atoms with Crippen LogP contribution in [0.2, 0.25) is 0 Å². The number of ether oxygens (including phenoxy) is 1. The highest BCUT2D eigenvalue weighted by molar-refractivity contribution is 7.89. The van der Waals surface area contributed by atoms with Gasteiger partial charge in [-0.05, 0) is 49.6 Å². The van der Waals surface area contributed by atoms with Gasteiger partial charge in [0.1, 0.15) is 11.8 Å². The molecule has 1 atom stereocenters. The van der Waals surface area contributed by atoms with Crippen LogP contribution in [0.4, 0.5) is 0 Å². The number of carboxylic acid groups (broad SMARTS) is 1. The van der Waals surface area contributed by atoms with Crippen LogP contribution in [-0.2, 0) is 21.2 Å². The van der Waals surface area contributed by atoms with Gasteiger partial charge in [-0.1, -0.05) is 30.3 Å². The van der Waals surface area contributed by atoms with Crippen molar-refractivity contribution in [2.45, 2.75) is 31.2 Å². The van der Waals surface area contributed by atoms with Gasteiger partial charge in [-0.25, -0.2) is 8.42 Å². The lowest BCUT2D eigenvalue weighted by molar-refractivity contribution is -0.138. The van der Waals surface area contributed by atoms with E-state index in [1.165, 1.54) is 12.1 Å². The van der Waals surface area contributed by atoms with Crippen LogP contribution in [0.25, 0.3) is 0 Å². The first-order chi connectivity index (χ1) is 11.8. The van der Waals surface area contributed by atoms with Gasteiger partial charge in [-0.3, -0.25) is 4.79 Å². The number of aliphatic carboxylic acids is 1. The van der Waals surface area contributed by atoms with Crippen molar-refractivity contribution in [2.24, 2.45) is 0 Å². The first kappa shape index (κ1) is 19.0. The largest absolute Gasteiger partial charge is 0.494 e. The van der Waals surface area contributed by atoms with Gasteiger partial charge in [-0.2, -0.15) is 4.72 Å². The number of carboxylic acids is 1. The molecule has 134 valence electrons. The fourth-order valence-electron chi connectivity index (χ4n) is 2.39. The van der Waals surface area contributed by atoms with Gasteiger partial charge < -0.3 is 9.84 Å². The highest BCUT2D eigenvalue weighted by Crippen LogP contribution is 2.22. The van der Waals surface area contributed by atoms with Gasteiger partial charge >= 0.3 is 5.97 Å². The molecule has 0 saturated carbocycles. The number of hydrogen-bond donors (Lipinski definition) is 2. The van der Waals surface area contributed by atoms with Crippen molar-refractivity contribution in [1.82, 2.24) is 4.72 Å². The van der Waals surface area contributed by atoms with Crippen LogP contribution in [0.15, 0.2) is 53.4 Å². The Kier molecular flexibility index (Phi) is 6.17. The number of benzene rings is 2. The van der Waals surface area contributed by atoms with Crippen LogP contribution in [-0.4, -0.2) is 32.1 Å². The number of hydrogen-bond acceptors (Lipinski definition) is 4. The fourth-order valence-corrected chi connectivity index (χ4v) is 3.66. The Labute approximate surface area is 147 Å². The molecule has 0 heterocycles. The average molecular weight is 363 g/mol. The summed E-state index contributed by atoms with van der Waals surface area (Å²) in [5.41, 5.74) is 1.40. The Bertz CT molecular complexity index is 834. The summed E-state index contributed by atoms with van der Waals surface area (Å²) in [6.45, 7) is 4.05. The highest BCUT2D eigenvalue weighted by atomic mass is 32.2. The molecule has 25 heavy (non-hydrogen) atoms. The Morgan fingerprint density at radius 2 is 1.88 bits per heavy atom. The van der Waals surface area contributed by atoms with E-state index in [4.69, 9.17) is 4.74 Å². The van der Waals surface area contributed by atoms with Gasteiger partial charge in [0.15, 0.2) is 0 Å². The molecule has 0 amide bonds.